The van der Waals surface area contributed by atoms with Gasteiger partial charge in [0.25, 0.3) is 0 Å². The second-order valence-corrected chi connectivity index (χ2v) is 12.1. The summed E-state index contributed by atoms with van der Waals surface area (Å²) >= 11 is 1.62. The molecule has 4 aliphatic carbocycles. The minimum atomic E-state index is -1.79. The highest BCUT2D eigenvalue weighted by Gasteiger charge is 2.83. The summed E-state index contributed by atoms with van der Waals surface area (Å²) in [5, 5.41) is 33.9. The van der Waals surface area contributed by atoms with Gasteiger partial charge in [0.2, 0.25) is 0 Å². The number of ether oxygens (including phenoxy) is 1. The van der Waals surface area contributed by atoms with E-state index in [9.17, 15) is 24.9 Å². The van der Waals surface area contributed by atoms with Crippen LogP contribution in [0.1, 0.15) is 47.0 Å². The lowest BCUT2D eigenvalue weighted by molar-refractivity contribution is -0.187. The molecule has 4 rings (SSSR count). The molecule has 2 saturated carbocycles. The van der Waals surface area contributed by atoms with Crippen molar-refractivity contribution in [2.24, 2.45) is 34.8 Å². The van der Waals surface area contributed by atoms with Crippen LogP contribution in [-0.2, 0) is 14.3 Å². The first-order chi connectivity index (χ1) is 15.3. The number of Topliss-reactive ketones (excluding diaryl/α,β-unsaturated/α-hetero) is 1. The molecular formula is C25H37NO6S. The third-order valence-corrected chi connectivity index (χ3v) is 9.74. The zero-order valence-electron chi connectivity index (χ0n) is 20.1. The maximum atomic E-state index is 13.0. The van der Waals surface area contributed by atoms with Crippen LogP contribution >= 0.6 is 11.8 Å². The van der Waals surface area contributed by atoms with Gasteiger partial charge in [-0.3, -0.25) is 9.59 Å². The van der Waals surface area contributed by atoms with Crippen LogP contribution in [0.2, 0.25) is 0 Å². The highest BCUT2D eigenvalue weighted by Crippen LogP contribution is 2.76. The molecule has 0 saturated heterocycles. The molecule has 0 amide bonds. The molecule has 0 radical (unpaired) electrons. The van der Waals surface area contributed by atoms with Gasteiger partial charge < -0.3 is 25.8 Å². The number of carbonyl (C=O) groups is 2. The molecule has 0 unspecified atom stereocenters. The third kappa shape index (κ3) is 3.24. The van der Waals surface area contributed by atoms with Crippen LogP contribution in [0.4, 0.5) is 0 Å². The molecule has 0 spiro atoms. The number of hydrogen-bond acceptors (Lipinski definition) is 8. The number of carbonyl (C=O) groups excluding carboxylic acids is 2. The van der Waals surface area contributed by atoms with Gasteiger partial charge in [-0.25, -0.2) is 0 Å². The monoisotopic (exact) mass is 479 g/mol. The predicted molar refractivity (Wildman–Crippen MR) is 126 cm³/mol. The van der Waals surface area contributed by atoms with Crippen molar-refractivity contribution < 1.29 is 29.6 Å². The van der Waals surface area contributed by atoms with Crippen molar-refractivity contribution in [1.29, 1.82) is 0 Å². The molecule has 0 aromatic carbocycles. The Morgan fingerprint density at radius 2 is 2.00 bits per heavy atom. The number of nitrogens with two attached hydrogens (primary N) is 1. The number of hydrogen-bond donors (Lipinski definition) is 4. The van der Waals surface area contributed by atoms with E-state index < -0.39 is 51.8 Å². The summed E-state index contributed by atoms with van der Waals surface area (Å²) in [5.74, 6) is -1.97. The molecule has 0 aromatic rings. The molecule has 0 heterocycles. The van der Waals surface area contributed by atoms with E-state index in [-0.39, 0.29) is 24.9 Å². The number of fused-ring (bicyclic) bond motifs is 5. The summed E-state index contributed by atoms with van der Waals surface area (Å²) < 4.78 is 6.16. The standard InChI is InChI=1S/C25H37NO6S/c1-13-8-18-23(30,20(13)28)11-15(12-27)9-16-19-22(3,4)24(19,10-14(2)25(16,18)31)32-21(29)17(26)6-7-33-5/h8-9,14,16-19,27,30-31H,6-7,10-12,26H2,1-5H3/t14-,16+,17+,18-,19+,23-,24+,25-/m1/s1. The molecule has 4 aliphatic rings. The van der Waals surface area contributed by atoms with E-state index in [0.29, 0.717) is 24.0 Å². The Labute approximate surface area is 199 Å². The summed E-state index contributed by atoms with van der Waals surface area (Å²) in [6.07, 6.45) is 6.41. The molecular weight excluding hydrogens is 442 g/mol. The molecule has 8 atom stereocenters. The number of rotatable bonds is 6. The number of ketones is 1. The lowest BCUT2D eigenvalue weighted by atomic mass is 9.60. The van der Waals surface area contributed by atoms with E-state index in [2.05, 4.69) is 0 Å². The number of aliphatic hydroxyl groups excluding tert-OH is 1. The Morgan fingerprint density at radius 3 is 2.61 bits per heavy atom. The summed E-state index contributed by atoms with van der Waals surface area (Å²) in [5.41, 5.74) is 2.62. The molecule has 7 nitrogen and oxygen atoms in total. The largest absolute Gasteiger partial charge is 0.457 e. The van der Waals surface area contributed by atoms with Gasteiger partial charge in [-0.15, -0.1) is 0 Å². The van der Waals surface area contributed by atoms with Gasteiger partial charge in [0.05, 0.1) is 12.2 Å². The minimum Gasteiger partial charge on any atom is -0.457 e. The molecule has 33 heavy (non-hydrogen) atoms. The fourth-order valence-electron chi connectivity index (χ4n) is 7.22. The lowest BCUT2D eigenvalue weighted by Crippen LogP contribution is -2.61. The van der Waals surface area contributed by atoms with E-state index in [1.54, 1.807) is 24.8 Å². The molecule has 0 aliphatic heterocycles. The quantitative estimate of drug-likeness (QED) is 0.334. The zero-order chi connectivity index (χ0) is 24.6. The Kier molecular flexibility index (Phi) is 5.98. The van der Waals surface area contributed by atoms with E-state index in [1.165, 1.54) is 0 Å². The summed E-state index contributed by atoms with van der Waals surface area (Å²) in [4.78, 5) is 25.9. The van der Waals surface area contributed by atoms with Gasteiger partial charge in [-0.05, 0) is 48.8 Å². The topological polar surface area (TPSA) is 130 Å². The first kappa shape index (κ1) is 24.9. The van der Waals surface area contributed by atoms with Crippen LogP contribution in [0.3, 0.4) is 0 Å². The first-order valence-corrected chi connectivity index (χ1v) is 13.2. The second-order valence-electron chi connectivity index (χ2n) is 11.2. The zero-order valence-corrected chi connectivity index (χ0v) is 20.9. The van der Waals surface area contributed by atoms with Crippen molar-refractivity contribution in [3.8, 4) is 0 Å². The van der Waals surface area contributed by atoms with Gasteiger partial charge in [0.1, 0.15) is 17.2 Å². The van der Waals surface area contributed by atoms with Crippen molar-refractivity contribution in [3.63, 3.8) is 0 Å². The second kappa shape index (κ2) is 7.92. The fourth-order valence-corrected chi connectivity index (χ4v) is 7.71. The maximum absolute atomic E-state index is 13.0. The Morgan fingerprint density at radius 1 is 1.33 bits per heavy atom. The number of esters is 1. The highest BCUT2D eigenvalue weighted by molar-refractivity contribution is 7.98. The van der Waals surface area contributed by atoms with Gasteiger partial charge in [-0.1, -0.05) is 32.9 Å². The van der Waals surface area contributed by atoms with Gasteiger partial charge in [0, 0.05) is 29.6 Å². The van der Waals surface area contributed by atoms with E-state index in [0.717, 1.165) is 5.75 Å². The fraction of sp³-hybridized carbons (Fsp3) is 0.760. The Hall–Kier alpha value is -1.19. The van der Waals surface area contributed by atoms with Crippen molar-refractivity contribution in [1.82, 2.24) is 0 Å². The van der Waals surface area contributed by atoms with Gasteiger partial charge >= 0.3 is 5.97 Å². The van der Waals surface area contributed by atoms with Crippen molar-refractivity contribution in [2.45, 2.75) is 69.8 Å². The molecule has 0 aromatic heterocycles. The average molecular weight is 480 g/mol. The van der Waals surface area contributed by atoms with Crippen LogP contribution in [-0.4, -0.2) is 68.5 Å². The maximum Gasteiger partial charge on any atom is 0.323 e. The van der Waals surface area contributed by atoms with Crippen molar-refractivity contribution in [2.75, 3.05) is 18.6 Å². The molecule has 184 valence electrons. The van der Waals surface area contributed by atoms with Crippen LogP contribution in [0.25, 0.3) is 0 Å². The van der Waals surface area contributed by atoms with Crippen LogP contribution in [0.5, 0.6) is 0 Å². The van der Waals surface area contributed by atoms with Gasteiger partial charge in [0.15, 0.2) is 5.78 Å². The summed E-state index contributed by atoms with van der Waals surface area (Å²) in [7, 11) is 0. The van der Waals surface area contributed by atoms with Crippen LogP contribution < -0.4 is 5.73 Å². The number of aliphatic hydroxyl groups is 3. The highest BCUT2D eigenvalue weighted by atomic mass is 32.2. The van der Waals surface area contributed by atoms with Crippen LogP contribution in [0.15, 0.2) is 23.3 Å². The Bertz CT molecular complexity index is 930. The predicted octanol–water partition coefficient (Wildman–Crippen LogP) is 1.59. The average Bonchev–Trinajstić information content (AvgIpc) is 3.16. The van der Waals surface area contributed by atoms with Crippen LogP contribution in [0, 0.1) is 29.1 Å². The third-order valence-electron chi connectivity index (χ3n) is 9.09. The molecule has 5 N–H and O–H groups in total. The van der Waals surface area contributed by atoms with E-state index in [1.807, 2.05) is 33.1 Å². The first-order valence-electron chi connectivity index (χ1n) is 11.8. The smallest absolute Gasteiger partial charge is 0.323 e. The van der Waals surface area contributed by atoms with Crippen molar-refractivity contribution >= 4 is 23.5 Å². The molecule has 2 fully saturated rings. The van der Waals surface area contributed by atoms with Gasteiger partial charge in [-0.2, -0.15) is 11.8 Å². The molecule has 0 bridgehead atoms. The minimum absolute atomic E-state index is 0.0220. The Balaban J connectivity index is 1.75. The summed E-state index contributed by atoms with van der Waals surface area (Å²) in [6, 6.07) is -0.708. The SMILES string of the molecule is CSCC[C@H](N)C(=O)O[C@@]12C[C@@H](C)[C@@]3(O)[C@@H](C=C(CO)C[C@]4(O)C(=O)C(C)=C[C@@H]34)[C@H]1C2(C)C. The normalized spacial score (nSPS) is 44.0. The van der Waals surface area contributed by atoms with Crippen molar-refractivity contribution in [3.05, 3.63) is 23.3 Å². The lowest BCUT2D eigenvalue weighted by Gasteiger charge is -2.50. The summed E-state index contributed by atoms with van der Waals surface area (Å²) in [6.45, 7) is 7.29. The number of thioether (sulfide) groups is 1. The molecule has 8 heteroatoms. The van der Waals surface area contributed by atoms with E-state index >= 15 is 0 Å². The van der Waals surface area contributed by atoms with E-state index in [4.69, 9.17) is 10.5 Å².